The van der Waals surface area contributed by atoms with E-state index in [-0.39, 0.29) is 11.5 Å². The lowest BCUT2D eigenvalue weighted by Crippen LogP contribution is -2.34. The van der Waals surface area contributed by atoms with Crippen LogP contribution in [-0.4, -0.2) is 33.5 Å². The summed E-state index contributed by atoms with van der Waals surface area (Å²) in [6, 6.07) is 11.6. The third kappa shape index (κ3) is 3.19. The van der Waals surface area contributed by atoms with E-state index in [1.54, 1.807) is 30.3 Å². The van der Waals surface area contributed by atoms with Crippen molar-refractivity contribution >= 4 is 34.0 Å². The fourth-order valence-electron chi connectivity index (χ4n) is 2.86. The van der Waals surface area contributed by atoms with Gasteiger partial charge >= 0.3 is 0 Å². The first-order chi connectivity index (χ1) is 11.9. The second-order valence-corrected chi connectivity index (χ2v) is 8.19. The van der Waals surface area contributed by atoms with Gasteiger partial charge < -0.3 is 4.74 Å². The van der Waals surface area contributed by atoms with Gasteiger partial charge in [0.15, 0.2) is 5.78 Å². The third-order valence-corrected chi connectivity index (χ3v) is 6.80. The maximum Gasteiger partial charge on any atom is 0.277 e. The number of methoxy groups -OCH3 is 1. The molecule has 2 aromatic rings. The number of carbonyl (C=O) groups is 1. The van der Waals surface area contributed by atoms with Crippen LogP contribution in [0.5, 0.6) is 5.75 Å². The van der Waals surface area contributed by atoms with E-state index >= 15 is 0 Å². The first-order valence-electron chi connectivity index (χ1n) is 7.38. The van der Waals surface area contributed by atoms with E-state index in [1.807, 2.05) is 6.07 Å². The molecule has 0 aliphatic carbocycles. The first kappa shape index (κ1) is 17.6. The zero-order valence-corrected chi connectivity index (χ0v) is 15.1. The molecule has 1 heterocycles. The summed E-state index contributed by atoms with van der Waals surface area (Å²) in [5, 5.41) is 10.1. The minimum Gasteiger partial charge on any atom is -0.497 e. The topological polar surface area (TPSA) is 86.5 Å². The lowest BCUT2D eigenvalue weighted by Gasteiger charge is -2.30. The predicted octanol–water partition coefficient (Wildman–Crippen LogP) is 3.38. The maximum atomic E-state index is 12.8. The number of nitrogens with zero attached hydrogens (tertiary/aromatic N) is 1. The average molecular weight is 377 g/mol. The Kier molecular flexibility index (Phi) is 4.91. The van der Waals surface area contributed by atoms with Crippen molar-refractivity contribution in [1.29, 1.82) is 0 Å². The van der Waals surface area contributed by atoms with Crippen LogP contribution in [0.4, 0.5) is 5.69 Å². The van der Waals surface area contributed by atoms with E-state index in [1.165, 1.54) is 31.2 Å². The standard InChI is InChI=1S/C17H15NO5S2/c1-23-10-7-8-11(13(9-10)18(20)21)16-17(25(2)22)15(19)12-5-3-4-6-14(12)24-16/h3-9,16-17H,1-2H3. The quantitative estimate of drug-likeness (QED) is 0.600. The van der Waals surface area contributed by atoms with E-state index < -0.39 is 26.2 Å². The van der Waals surface area contributed by atoms with Crippen molar-refractivity contribution in [3.63, 3.8) is 0 Å². The van der Waals surface area contributed by atoms with Gasteiger partial charge in [-0.25, -0.2) is 0 Å². The van der Waals surface area contributed by atoms with Crippen molar-refractivity contribution in [3.8, 4) is 5.75 Å². The molecule has 8 heteroatoms. The number of rotatable bonds is 4. The molecule has 0 spiro atoms. The van der Waals surface area contributed by atoms with E-state index in [0.29, 0.717) is 16.9 Å². The molecule has 0 fully saturated rings. The number of ether oxygens (including phenoxy) is 1. The van der Waals surface area contributed by atoms with Gasteiger partial charge in [-0.1, -0.05) is 18.2 Å². The molecule has 0 saturated heterocycles. The zero-order chi connectivity index (χ0) is 18.1. The highest BCUT2D eigenvalue weighted by Crippen LogP contribution is 2.49. The number of hydrogen-bond donors (Lipinski definition) is 0. The zero-order valence-electron chi connectivity index (χ0n) is 13.5. The Balaban J connectivity index is 2.17. The number of hydrogen-bond acceptors (Lipinski definition) is 6. The number of carbonyl (C=O) groups excluding carboxylic acids is 1. The van der Waals surface area contributed by atoms with Crippen LogP contribution in [0, 0.1) is 10.1 Å². The van der Waals surface area contributed by atoms with Crippen LogP contribution >= 0.6 is 11.8 Å². The van der Waals surface area contributed by atoms with Gasteiger partial charge in [-0.05, 0) is 18.2 Å². The van der Waals surface area contributed by atoms with Crippen molar-refractivity contribution in [2.75, 3.05) is 13.4 Å². The lowest BCUT2D eigenvalue weighted by atomic mass is 9.99. The molecule has 3 unspecified atom stereocenters. The number of ketones is 1. The highest BCUT2D eigenvalue weighted by Gasteiger charge is 2.42. The van der Waals surface area contributed by atoms with Crippen LogP contribution in [0.3, 0.4) is 0 Å². The second-order valence-electron chi connectivity index (χ2n) is 5.50. The van der Waals surface area contributed by atoms with Crippen LogP contribution in [0.25, 0.3) is 0 Å². The van der Waals surface area contributed by atoms with Gasteiger partial charge in [-0.15, -0.1) is 11.8 Å². The highest BCUT2D eigenvalue weighted by atomic mass is 32.2. The molecule has 0 bridgehead atoms. The van der Waals surface area contributed by atoms with Crippen LogP contribution in [-0.2, 0) is 10.8 Å². The predicted molar refractivity (Wildman–Crippen MR) is 96.9 cm³/mol. The minimum absolute atomic E-state index is 0.139. The molecule has 0 N–H and O–H groups in total. The van der Waals surface area contributed by atoms with Crippen molar-refractivity contribution in [1.82, 2.24) is 0 Å². The molecule has 0 saturated carbocycles. The molecular weight excluding hydrogens is 362 g/mol. The summed E-state index contributed by atoms with van der Waals surface area (Å²) in [5.41, 5.74) is 0.749. The molecule has 25 heavy (non-hydrogen) atoms. The molecule has 6 nitrogen and oxygen atoms in total. The second kappa shape index (κ2) is 6.97. The Morgan fingerprint density at radius 2 is 1.96 bits per heavy atom. The number of nitro benzene ring substituents is 1. The van der Waals surface area contributed by atoms with E-state index in [9.17, 15) is 19.1 Å². The van der Waals surface area contributed by atoms with Crippen LogP contribution in [0.1, 0.15) is 21.2 Å². The third-order valence-electron chi connectivity index (χ3n) is 4.04. The van der Waals surface area contributed by atoms with E-state index in [0.717, 1.165) is 4.90 Å². The normalized spacial score (nSPS) is 20.6. The summed E-state index contributed by atoms with van der Waals surface area (Å²) < 4.78 is 17.4. The summed E-state index contributed by atoms with van der Waals surface area (Å²) in [6.45, 7) is 0. The molecule has 1 aliphatic rings. The van der Waals surface area contributed by atoms with E-state index in [2.05, 4.69) is 0 Å². The van der Waals surface area contributed by atoms with Crippen LogP contribution in [0.2, 0.25) is 0 Å². The molecule has 3 atom stereocenters. The summed E-state index contributed by atoms with van der Waals surface area (Å²) in [7, 11) is -0.0445. The van der Waals surface area contributed by atoms with E-state index in [4.69, 9.17) is 4.74 Å². The van der Waals surface area contributed by atoms with Gasteiger partial charge in [0.1, 0.15) is 11.0 Å². The van der Waals surface area contributed by atoms with Gasteiger partial charge in [0.05, 0.1) is 23.3 Å². The fourth-order valence-corrected chi connectivity index (χ4v) is 5.72. The van der Waals surface area contributed by atoms with Crippen molar-refractivity contribution in [3.05, 3.63) is 63.7 Å². The molecule has 0 amide bonds. The molecule has 1 aliphatic heterocycles. The number of nitro groups is 1. The minimum atomic E-state index is -1.47. The molecule has 3 rings (SSSR count). The Hall–Kier alpha value is -2.19. The van der Waals surface area contributed by atoms with Crippen molar-refractivity contribution in [2.24, 2.45) is 0 Å². The Labute approximate surface area is 151 Å². The molecule has 0 radical (unpaired) electrons. The van der Waals surface area contributed by atoms with Crippen molar-refractivity contribution in [2.45, 2.75) is 15.4 Å². The summed E-state index contributed by atoms with van der Waals surface area (Å²) >= 11 is 1.34. The summed E-state index contributed by atoms with van der Waals surface area (Å²) in [5.74, 6) is 0.113. The number of fused-ring (bicyclic) bond motifs is 1. The van der Waals surface area contributed by atoms with Gasteiger partial charge in [0.2, 0.25) is 0 Å². The largest absolute Gasteiger partial charge is 0.497 e. The fraction of sp³-hybridized carbons (Fsp3) is 0.235. The average Bonchev–Trinajstić information content (AvgIpc) is 2.60. The number of Topliss-reactive ketones (excluding diaryl/α,β-unsaturated/α-hetero) is 1. The molecule has 130 valence electrons. The van der Waals surface area contributed by atoms with Crippen LogP contribution in [0.15, 0.2) is 47.4 Å². The molecule has 0 aromatic heterocycles. The Bertz CT molecular complexity index is 883. The van der Waals surface area contributed by atoms with Gasteiger partial charge in [-0.3, -0.25) is 19.1 Å². The first-order valence-corrected chi connectivity index (χ1v) is 9.88. The van der Waals surface area contributed by atoms with Crippen molar-refractivity contribution < 1.29 is 18.7 Å². The van der Waals surface area contributed by atoms with Gasteiger partial charge in [0.25, 0.3) is 5.69 Å². The molecular formula is C17H15NO5S2. The summed E-state index contributed by atoms with van der Waals surface area (Å²) in [4.78, 5) is 24.6. The maximum absolute atomic E-state index is 12.8. The Morgan fingerprint density at radius 1 is 1.24 bits per heavy atom. The number of thioether (sulfide) groups is 1. The Morgan fingerprint density at radius 3 is 2.60 bits per heavy atom. The summed E-state index contributed by atoms with van der Waals surface area (Å²) in [6.07, 6.45) is 1.46. The molecule has 2 aromatic carbocycles. The number of benzene rings is 2. The highest BCUT2D eigenvalue weighted by molar-refractivity contribution is 8.01. The lowest BCUT2D eigenvalue weighted by molar-refractivity contribution is -0.385. The van der Waals surface area contributed by atoms with Gasteiger partial charge in [-0.2, -0.15) is 0 Å². The smallest absolute Gasteiger partial charge is 0.277 e. The van der Waals surface area contributed by atoms with Crippen LogP contribution < -0.4 is 4.74 Å². The monoisotopic (exact) mass is 377 g/mol. The SMILES string of the molecule is COc1ccc(C2Sc3ccccc3C(=O)C2S(C)=O)c([N+](=O)[O-])c1. The van der Waals surface area contributed by atoms with Gasteiger partial charge in [0, 0.05) is 33.1 Å².